The van der Waals surface area contributed by atoms with Crippen LogP contribution in [0.2, 0.25) is 5.02 Å². The van der Waals surface area contributed by atoms with Crippen LogP contribution in [-0.4, -0.2) is 23.8 Å². The molecule has 1 aromatic carbocycles. The van der Waals surface area contributed by atoms with Gasteiger partial charge in [0.15, 0.2) is 0 Å². The fourth-order valence-corrected chi connectivity index (χ4v) is 3.13. The zero-order valence-corrected chi connectivity index (χ0v) is 15.0. The molecule has 1 fully saturated rings. The zero-order valence-electron chi connectivity index (χ0n) is 12.7. The summed E-state index contributed by atoms with van der Waals surface area (Å²) >= 11 is 9.32. The van der Waals surface area contributed by atoms with Crippen LogP contribution in [0.25, 0.3) is 0 Å². The Balaban J connectivity index is 1.82. The standard InChI is InChI=1S/C15H19BrClFN2O2/c1-15(2,3)22-14(21)20-10-6-9(7-10)19-13-11(16)4-8(18)5-12(13)17/h4-5,9-10,19H,6-7H2,1-3H3,(H,20,21). The number of rotatable bonds is 3. The molecule has 0 aromatic heterocycles. The molecule has 1 aliphatic carbocycles. The molecule has 0 saturated heterocycles. The molecule has 0 heterocycles. The summed E-state index contributed by atoms with van der Waals surface area (Å²) in [6.07, 6.45) is 1.12. The largest absolute Gasteiger partial charge is 0.444 e. The lowest BCUT2D eigenvalue weighted by molar-refractivity contribution is 0.0475. The highest BCUT2D eigenvalue weighted by molar-refractivity contribution is 9.10. The molecule has 4 nitrogen and oxygen atoms in total. The van der Waals surface area contributed by atoms with E-state index in [0.717, 1.165) is 12.8 Å². The Morgan fingerprint density at radius 1 is 1.36 bits per heavy atom. The number of hydrogen-bond donors (Lipinski definition) is 2. The van der Waals surface area contributed by atoms with E-state index in [1.807, 2.05) is 20.8 Å². The molecule has 122 valence electrons. The highest BCUT2D eigenvalue weighted by atomic mass is 79.9. The van der Waals surface area contributed by atoms with Crippen LogP contribution in [0.4, 0.5) is 14.9 Å². The fourth-order valence-electron chi connectivity index (χ4n) is 2.21. The van der Waals surface area contributed by atoms with E-state index in [2.05, 4.69) is 26.6 Å². The molecule has 1 saturated carbocycles. The number of hydrogen-bond acceptors (Lipinski definition) is 3. The Bertz CT molecular complexity index is 548. The normalized spacial score (nSPS) is 21.0. The summed E-state index contributed by atoms with van der Waals surface area (Å²) in [5.74, 6) is -0.388. The van der Waals surface area contributed by atoms with Gasteiger partial charge in [-0.25, -0.2) is 9.18 Å². The number of amides is 1. The first-order valence-electron chi connectivity index (χ1n) is 7.04. The Labute approximate surface area is 142 Å². The Morgan fingerprint density at radius 2 is 2.00 bits per heavy atom. The van der Waals surface area contributed by atoms with Crippen LogP contribution in [0.3, 0.4) is 0 Å². The third kappa shape index (κ3) is 4.74. The summed E-state index contributed by atoms with van der Waals surface area (Å²) in [6, 6.07) is 2.89. The quantitative estimate of drug-likeness (QED) is 0.782. The van der Waals surface area contributed by atoms with Crippen molar-refractivity contribution in [1.82, 2.24) is 5.32 Å². The van der Waals surface area contributed by atoms with E-state index in [1.165, 1.54) is 12.1 Å². The van der Waals surface area contributed by atoms with Gasteiger partial charge in [-0.15, -0.1) is 0 Å². The summed E-state index contributed by atoms with van der Waals surface area (Å²) < 4.78 is 19.0. The molecule has 0 spiro atoms. The van der Waals surface area contributed by atoms with Gasteiger partial charge in [-0.1, -0.05) is 11.6 Å². The minimum Gasteiger partial charge on any atom is -0.444 e. The van der Waals surface area contributed by atoms with Gasteiger partial charge in [-0.05, 0) is 61.7 Å². The molecule has 0 unspecified atom stereocenters. The third-order valence-corrected chi connectivity index (χ3v) is 4.14. The lowest BCUT2D eigenvalue weighted by Crippen LogP contribution is -2.50. The predicted molar refractivity (Wildman–Crippen MR) is 88.9 cm³/mol. The molecular formula is C15H19BrClFN2O2. The van der Waals surface area contributed by atoms with Crippen molar-refractivity contribution >= 4 is 39.3 Å². The van der Waals surface area contributed by atoms with Crippen molar-refractivity contribution < 1.29 is 13.9 Å². The first kappa shape index (κ1) is 17.3. The van der Waals surface area contributed by atoms with Gasteiger partial charge < -0.3 is 15.4 Å². The molecule has 7 heteroatoms. The molecule has 22 heavy (non-hydrogen) atoms. The highest BCUT2D eigenvalue weighted by Crippen LogP contribution is 2.35. The molecule has 0 aliphatic heterocycles. The van der Waals surface area contributed by atoms with Crippen LogP contribution in [-0.2, 0) is 4.74 Å². The minimum absolute atomic E-state index is 0.0744. The summed E-state index contributed by atoms with van der Waals surface area (Å²) in [6.45, 7) is 5.48. The second kappa shape index (κ2) is 6.62. The molecule has 0 bridgehead atoms. The van der Waals surface area contributed by atoms with Crippen molar-refractivity contribution in [3.63, 3.8) is 0 Å². The lowest BCUT2D eigenvalue weighted by Gasteiger charge is -2.37. The summed E-state index contributed by atoms with van der Waals surface area (Å²) in [7, 11) is 0. The van der Waals surface area contributed by atoms with Crippen molar-refractivity contribution in [3.05, 3.63) is 27.4 Å². The zero-order chi connectivity index (χ0) is 16.5. The van der Waals surface area contributed by atoms with Crippen molar-refractivity contribution in [2.24, 2.45) is 0 Å². The summed E-state index contributed by atoms with van der Waals surface area (Å²) in [5.41, 5.74) is 0.168. The van der Waals surface area contributed by atoms with Gasteiger partial charge >= 0.3 is 6.09 Å². The van der Waals surface area contributed by atoms with Crippen molar-refractivity contribution in [3.8, 4) is 0 Å². The average molecular weight is 394 g/mol. The molecule has 1 aliphatic rings. The second-order valence-corrected chi connectivity index (χ2v) is 7.66. The third-order valence-electron chi connectivity index (χ3n) is 3.21. The monoisotopic (exact) mass is 392 g/mol. The fraction of sp³-hybridized carbons (Fsp3) is 0.533. The topological polar surface area (TPSA) is 50.4 Å². The van der Waals surface area contributed by atoms with Crippen LogP contribution in [0.1, 0.15) is 33.6 Å². The second-order valence-electron chi connectivity index (χ2n) is 6.40. The van der Waals surface area contributed by atoms with Crippen LogP contribution in [0.5, 0.6) is 0 Å². The number of anilines is 1. The van der Waals surface area contributed by atoms with Crippen molar-refractivity contribution in [2.45, 2.75) is 51.3 Å². The summed E-state index contributed by atoms with van der Waals surface area (Å²) in [5, 5.41) is 6.41. The van der Waals surface area contributed by atoms with E-state index in [-0.39, 0.29) is 17.9 Å². The maximum Gasteiger partial charge on any atom is 0.407 e. The molecule has 1 amide bonds. The van der Waals surface area contributed by atoms with E-state index >= 15 is 0 Å². The van der Waals surface area contributed by atoms with E-state index in [4.69, 9.17) is 16.3 Å². The van der Waals surface area contributed by atoms with E-state index < -0.39 is 11.7 Å². The van der Waals surface area contributed by atoms with Crippen LogP contribution >= 0.6 is 27.5 Å². The molecule has 0 radical (unpaired) electrons. The number of ether oxygens (including phenoxy) is 1. The number of carbonyl (C=O) groups excluding carboxylic acids is 1. The number of nitrogens with one attached hydrogen (secondary N) is 2. The highest BCUT2D eigenvalue weighted by Gasteiger charge is 2.32. The maximum atomic E-state index is 13.2. The van der Waals surface area contributed by atoms with Crippen molar-refractivity contribution in [2.75, 3.05) is 5.32 Å². The van der Waals surface area contributed by atoms with Gasteiger partial charge in [0.25, 0.3) is 0 Å². The van der Waals surface area contributed by atoms with Gasteiger partial charge in [0.1, 0.15) is 11.4 Å². The number of benzene rings is 1. The molecule has 0 atom stereocenters. The van der Waals surface area contributed by atoms with E-state index in [1.54, 1.807) is 0 Å². The molecular weight excluding hydrogens is 375 g/mol. The molecule has 2 N–H and O–H groups in total. The Hall–Kier alpha value is -1.01. The van der Waals surface area contributed by atoms with E-state index in [0.29, 0.717) is 15.2 Å². The number of carbonyl (C=O) groups is 1. The smallest absolute Gasteiger partial charge is 0.407 e. The van der Waals surface area contributed by atoms with Gasteiger partial charge in [-0.3, -0.25) is 0 Å². The van der Waals surface area contributed by atoms with Crippen LogP contribution in [0.15, 0.2) is 16.6 Å². The summed E-state index contributed by atoms with van der Waals surface area (Å²) in [4.78, 5) is 11.6. The van der Waals surface area contributed by atoms with Crippen LogP contribution < -0.4 is 10.6 Å². The number of alkyl carbamates (subject to hydrolysis) is 1. The maximum absolute atomic E-state index is 13.2. The van der Waals surface area contributed by atoms with Crippen LogP contribution in [0, 0.1) is 5.82 Å². The molecule has 1 aromatic rings. The first-order valence-corrected chi connectivity index (χ1v) is 8.22. The van der Waals surface area contributed by atoms with E-state index in [9.17, 15) is 9.18 Å². The van der Waals surface area contributed by atoms with Crippen molar-refractivity contribution in [1.29, 1.82) is 0 Å². The Kier molecular flexibility index (Phi) is 5.22. The van der Waals surface area contributed by atoms with Gasteiger partial charge in [0, 0.05) is 16.6 Å². The first-order chi connectivity index (χ1) is 10.1. The Morgan fingerprint density at radius 3 is 2.55 bits per heavy atom. The lowest BCUT2D eigenvalue weighted by atomic mass is 9.86. The SMILES string of the molecule is CC(C)(C)OC(=O)NC1CC(Nc2c(Cl)cc(F)cc2Br)C1. The molecule has 2 rings (SSSR count). The van der Waals surface area contributed by atoms with Gasteiger partial charge in [-0.2, -0.15) is 0 Å². The minimum atomic E-state index is -0.502. The number of halogens is 3. The van der Waals surface area contributed by atoms with Gasteiger partial charge in [0.05, 0.1) is 10.7 Å². The average Bonchev–Trinajstić information content (AvgIpc) is 2.27. The predicted octanol–water partition coefficient (Wildman–Crippen LogP) is 4.71. The van der Waals surface area contributed by atoms with Gasteiger partial charge in [0.2, 0.25) is 0 Å².